The number of likely N-dealkylation sites (tertiary alicyclic amines) is 1. The Bertz CT molecular complexity index is 972. The quantitative estimate of drug-likeness (QED) is 0.696. The van der Waals surface area contributed by atoms with Gasteiger partial charge in [-0.1, -0.05) is 36.4 Å². The summed E-state index contributed by atoms with van der Waals surface area (Å²) < 4.78 is 10.8. The van der Waals surface area contributed by atoms with Crippen molar-refractivity contribution in [3.63, 3.8) is 0 Å². The highest BCUT2D eigenvalue weighted by Crippen LogP contribution is 2.33. The summed E-state index contributed by atoms with van der Waals surface area (Å²) in [6.07, 6.45) is 1.16. The van der Waals surface area contributed by atoms with Crippen molar-refractivity contribution in [1.82, 2.24) is 14.7 Å². The van der Waals surface area contributed by atoms with Crippen LogP contribution in [0.15, 0.2) is 48.5 Å². The van der Waals surface area contributed by atoms with Gasteiger partial charge in [0.15, 0.2) is 11.5 Å². The molecule has 0 radical (unpaired) electrons. The summed E-state index contributed by atoms with van der Waals surface area (Å²) in [6, 6.07) is 16.2. The molecule has 0 N–H and O–H groups in total. The van der Waals surface area contributed by atoms with E-state index in [0.717, 1.165) is 37.6 Å². The van der Waals surface area contributed by atoms with Crippen LogP contribution in [0.3, 0.4) is 0 Å². The standard InChI is InChI=1S/C25H29N3O4/c29-24-15-21(17-28(24)9-8-19-4-2-1-3-5-19)25(30)27-12-10-26(11-13-27)16-20-6-7-22-23(14-20)32-18-31-22/h1-7,14,21H,8-13,15-18H2/t21-/m1/s1. The van der Waals surface area contributed by atoms with Gasteiger partial charge in [-0.05, 0) is 29.7 Å². The minimum Gasteiger partial charge on any atom is -0.454 e. The molecule has 0 bridgehead atoms. The van der Waals surface area contributed by atoms with Gasteiger partial charge in [0.25, 0.3) is 0 Å². The van der Waals surface area contributed by atoms with E-state index in [-0.39, 0.29) is 24.5 Å². The summed E-state index contributed by atoms with van der Waals surface area (Å²) in [5, 5.41) is 0. The maximum absolute atomic E-state index is 13.1. The van der Waals surface area contributed by atoms with Gasteiger partial charge in [-0.15, -0.1) is 0 Å². The monoisotopic (exact) mass is 435 g/mol. The maximum Gasteiger partial charge on any atom is 0.231 e. The molecule has 0 aliphatic carbocycles. The molecule has 2 aromatic rings. The molecule has 0 saturated carbocycles. The topological polar surface area (TPSA) is 62.3 Å². The number of benzene rings is 2. The number of piperazine rings is 1. The molecule has 2 saturated heterocycles. The van der Waals surface area contributed by atoms with Crippen LogP contribution in [0.4, 0.5) is 0 Å². The van der Waals surface area contributed by atoms with Crippen LogP contribution in [0.2, 0.25) is 0 Å². The van der Waals surface area contributed by atoms with Crippen molar-refractivity contribution in [2.75, 3.05) is 46.1 Å². The first-order valence-corrected chi connectivity index (χ1v) is 11.4. The molecule has 32 heavy (non-hydrogen) atoms. The summed E-state index contributed by atoms with van der Waals surface area (Å²) in [7, 11) is 0. The van der Waals surface area contributed by atoms with E-state index in [4.69, 9.17) is 9.47 Å². The third-order valence-electron chi connectivity index (χ3n) is 6.60. The van der Waals surface area contributed by atoms with Crippen molar-refractivity contribution in [2.45, 2.75) is 19.4 Å². The molecule has 2 fully saturated rings. The van der Waals surface area contributed by atoms with Gasteiger partial charge in [0, 0.05) is 52.2 Å². The lowest BCUT2D eigenvalue weighted by molar-refractivity contribution is -0.137. The van der Waals surface area contributed by atoms with Crippen molar-refractivity contribution in [2.24, 2.45) is 5.92 Å². The van der Waals surface area contributed by atoms with E-state index in [0.29, 0.717) is 32.6 Å². The molecule has 2 amide bonds. The van der Waals surface area contributed by atoms with E-state index in [1.807, 2.05) is 40.1 Å². The summed E-state index contributed by atoms with van der Waals surface area (Å²) in [5.74, 6) is 1.62. The Labute approximate surface area is 188 Å². The fourth-order valence-corrected chi connectivity index (χ4v) is 4.74. The van der Waals surface area contributed by atoms with Gasteiger partial charge < -0.3 is 19.3 Å². The molecule has 0 unspecified atom stereocenters. The van der Waals surface area contributed by atoms with Gasteiger partial charge in [-0.2, -0.15) is 0 Å². The van der Waals surface area contributed by atoms with Crippen molar-refractivity contribution in [3.05, 3.63) is 59.7 Å². The Morgan fingerprint density at radius 2 is 1.72 bits per heavy atom. The van der Waals surface area contributed by atoms with Crippen LogP contribution in [0.5, 0.6) is 11.5 Å². The molecule has 0 spiro atoms. The van der Waals surface area contributed by atoms with E-state index in [2.05, 4.69) is 23.1 Å². The number of fused-ring (bicyclic) bond motifs is 1. The van der Waals surface area contributed by atoms with Gasteiger partial charge >= 0.3 is 0 Å². The lowest BCUT2D eigenvalue weighted by atomic mass is 10.1. The molecule has 2 aromatic carbocycles. The zero-order valence-electron chi connectivity index (χ0n) is 18.2. The van der Waals surface area contributed by atoms with Crippen LogP contribution >= 0.6 is 0 Å². The van der Waals surface area contributed by atoms with Crippen LogP contribution in [0, 0.1) is 5.92 Å². The Hall–Kier alpha value is -3.06. The van der Waals surface area contributed by atoms with E-state index in [1.54, 1.807) is 0 Å². The molecule has 7 nitrogen and oxygen atoms in total. The Kier molecular flexibility index (Phi) is 5.99. The summed E-state index contributed by atoms with van der Waals surface area (Å²) >= 11 is 0. The molecule has 1 atom stereocenters. The van der Waals surface area contributed by atoms with Crippen LogP contribution in [0.1, 0.15) is 17.5 Å². The van der Waals surface area contributed by atoms with Crippen LogP contribution in [0.25, 0.3) is 0 Å². The van der Waals surface area contributed by atoms with E-state index < -0.39 is 0 Å². The highest BCUT2D eigenvalue weighted by atomic mass is 16.7. The van der Waals surface area contributed by atoms with Crippen molar-refractivity contribution in [1.29, 1.82) is 0 Å². The molecule has 3 aliphatic rings. The van der Waals surface area contributed by atoms with Gasteiger partial charge in [0.05, 0.1) is 5.92 Å². The number of nitrogens with zero attached hydrogens (tertiary/aromatic N) is 3. The average Bonchev–Trinajstić information content (AvgIpc) is 3.44. The highest BCUT2D eigenvalue weighted by Gasteiger charge is 2.37. The highest BCUT2D eigenvalue weighted by molar-refractivity contribution is 5.89. The molecule has 5 rings (SSSR count). The number of hydrogen-bond acceptors (Lipinski definition) is 5. The summed E-state index contributed by atoms with van der Waals surface area (Å²) in [5.41, 5.74) is 2.40. The number of carbonyl (C=O) groups excluding carboxylic acids is 2. The predicted octanol–water partition coefficient (Wildman–Crippen LogP) is 2.15. The number of rotatable bonds is 6. The Morgan fingerprint density at radius 3 is 2.53 bits per heavy atom. The van der Waals surface area contributed by atoms with Crippen LogP contribution in [-0.2, 0) is 22.6 Å². The predicted molar refractivity (Wildman–Crippen MR) is 119 cm³/mol. The number of hydrogen-bond donors (Lipinski definition) is 0. The molecule has 3 aliphatic heterocycles. The number of amides is 2. The molecule has 3 heterocycles. The zero-order valence-corrected chi connectivity index (χ0v) is 18.2. The maximum atomic E-state index is 13.1. The SMILES string of the molecule is O=C1C[C@@H](C(=O)N2CCN(Cc3ccc4c(c3)OCO4)CC2)CN1CCc1ccccc1. The van der Waals surface area contributed by atoms with E-state index >= 15 is 0 Å². The minimum absolute atomic E-state index is 0.0979. The van der Waals surface area contributed by atoms with Crippen molar-refractivity contribution >= 4 is 11.8 Å². The molecular weight excluding hydrogens is 406 g/mol. The van der Waals surface area contributed by atoms with Crippen molar-refractivity contribution < 1.29 is 19.1 Å². The molecule has 0 aromatic heterocycles. The van der Waals surface area contributed by atoms with E-state index in [9.17, 15) is 9.59 Å². The second-order valence-electron chi connectivity index (χ2n) is 8.77. The Morgan fingerprint density at radius 1 is 0.938 bits per heavy atom. The first-order valence-electron chi connectivity index (χ1n) is 11.4. The largest absolute Gasteiger partial charge is 0.454 e. The fraction of sp³-hybridized carbons (Fsp3) is 0.440. The number of ether oxygens (including phenoxy) is 2. The minimum atomic E-state index is -0.210. The van der Waals surface area contributed by atoms with Gasteiger partial charge in [-0.25, -0.2) is 0 Å². The normalized spacial score (nSPS) is 20.8. The van der Waals surface area contributed by atoms with Gasteiger partial charge in [0.1, 0.15) is 0 Å². The van der Waals surface area contributed by atoms with Gasteiger partial charge in [-0.3, -0.25) is 14.5 Å². The fourth-order valence-electron chi connectivity index (χ4n) is 4.74. The molecule has 168 valence electrons. The molecular formula is C25H29N3O4. The van der Waals surface area contributed by atoms with E-state index in [1.165, 1.54) is 11.1 Å². The smallest absolute Gasteiger partial charge is 0.231 e. The molecule has 7 heteroatoms. The van der Waals surface area contributed by atoms with Crippen LogP contribution in [-0.4, -0.2) is 72.6 Å². The lowest BCUT2D eigenvalue weighted by Gasteiger charge is -2.36. The van der Waals surface area contributed by atoms with Gasteiger partial charge in [0.2, 0.25) is 18.6 Å². The summed E-state index contributed by atoms with van der Waals surface area (Å²) in [4.78, 5) is 31.7. The average molecular weight is 436 g/mol. The number of carbonyl (C=O) groups is 2. The second-order valence-corrected chi connectivity index (χ2v) is 8.77. The third-order valence-corrected chi connectivity index (χ3v) is 6.60. The first-order chi connectivity index (χ1) is 15.7. The zero-order chi connectivity index (χ0) is 21.9. The third kappa shape index (κ3) is 4.58. The first kappa shape index (κ1) is 20.8. The van der Waals surface area contributed by atoms with Crippen molar-refractivity contribution in [3.8, 4) is 11.5 Å². The Balaban J connectivity index is 1.09. The summed E-state index contributed by atoms with van der Waals surface area (Å²) in [6.45, 7) is 5.41. The second kappa shape index (κ2) is 9.20. The lowest BCUT2D eigenvalue weighted by Crippen LogP contribution is -2.50. The van der Waals surface area contributed by atoms with Crippen LogP contribution < -0.4 is 9.47 Å².